The van der Waals surface area contributed by atoms with Crippen molar-refractivity contribution < 1.29 is 0 Å². The molecule has 0 radical (unpaired) electrons. The molecule has 0 saturated carbocycles. The van der Waals surface area contributed by atoms with E-state index in [-0.39, 0.29) is 0 Å². The Morgan fingerprint density at radius 2 is 1.87 bits per heavy atom. The molecule has 1 nitrogen and oxygen atoms in total. The summed E-state index contributed by atoms with van der Waals surface area (Å²) in [4.78, 5) is 2.68. The predicted molar refractivity (Wildman–Crippen MR) is 71.8 cm³/mol. The van der Waals surface area contributed by atoms with E-state index in [9.17, 15) is 0 Å². The fourth-order valence-electron chi connectivity index (χ4n) is 2.61. The molecule has 0 spiro atoms. The molecule has 0 amide bonds. The molecule has 0 aliphatic carbocycles. The van der Waals surface area contributed by atoms with Crippen molar-refractivity contribution in [3.05, 3.63) is 0 Å². The lowest BCUT2D eigenvalue weighted by Crippen LogP contribution is -2.45. The van der Waals surface area contributed by atoms with Gasteiger partial charge in [-0.3, -0.25) is 4.90 Å². The smallest absolute Gasteiger partial charge is 0.0153 e. The lowest BCUT2D eigenvalue weighted by Gasteiger charge is -2.40. The summed E-state index contributed by atoms with van der Waals surface area (Å²) in [5, 5.41) is 0. The summed E-state index contributed by atoms with van der Waals surface area (Å²) in [5.74, 6) is 1.02. The molecule has 1 fully saturated rings. The minimum Gasteiger partial charge on any atom is -0.298 e. The molecule has 0 N–H and O–H groups in total. The van der Waals surface area contributed by atoms with Crippen molar-refractivity contribution in [2.75, 3.05) is 18.8 Å². The molecule has 0 aromatic carbocycles. The van der Waals surface area contributed by atoms with E-state index in [2.05, 4.69) is 45.2 Å². The number of likely N-dealkylation sites (tertiary alicyclic amines) is 1. The third-order valence-corrected chi connectivity index (χ3v) is 5.11. The molecule has 1 rings (SSSR count). The van der Waals surface area contributed by atoms with Gasteiger partial charge in [-0.05, 0) is 57.2 Å². The summed E-state index contributed by atoms with van der Waals surface area (Å²) in [6.45, 7) is 11.9. The van der Waals surface area contributed by atoms with Crippen LogP contribution in [-0.4, -0.2) is 29.3 Å². The first-order valence-corrected chi connectivity index (χ1v) is 6.99. The van der Waals surface area contributed by atoms with Crippen LogP contribution in [0.25, 0.3) is 0 Å². The van der Waals surface area contributed by atoms with Crippen LogP contribution in [-0.2, 0) is 0 Å². The highest BCUT2D eigenvalue weighted by molar-refractivity contribution is 7.80. The van der Waals surface area contributed by atoms with Crippen molar-refractivity contribution in [3.63, 3.8) is 0 Å². The van der Waals surface area contributed by atoms with Gasteiger partial charge in [0.25, 0.3) is 0 Å². The molecule has 1 aliphatic rings. The molecule has 1 aliphatic heterocycles. The Morgan fingerprint density at radius 1 is 1.27 bits per heavy atom. The summed E-state index contributed by atoms with van der Waals surface area (Å²) >= 11 is 4.56. The quantitative estimate of drug-likeness (QED) is 0.705. The zero-order valence-electron chi connectivity index (χ0n) is 10.8. The standard InChI is InChI=1S/C13H27NS/c1-5-13(6-2,11-15)10-14-9-7-8-12(14,3)4/h15H,5-11H2,1-4H3. The molecule has 0 unspecified atom stereocenters. The third kappa shape index (κ3) is 2.91. The lowest BCUT2D eigenvalue weighted by molar-refractivity contribution is 0.102. The number of hydrogen-bond donors (Lipinski definition) is 1. The van der Waals surface area contributed by atoms with Crippen LogP contribution in [0.3, 0.4) is 0 Å². The van der Waals surface area contributed by atoms with Gasteiger partial charge >= 0.3 is 0 Å². The van der Waals surface area contributed by atoms with Crippen LogP contribution in [0.1, 0.15) is 53.4 Å². The van der Waals surface area contributed by atoms with Crippen LogP contribution in [0.2, 0.25) is 0 Å². The number of nitrogens with zero attached hydrogens (tertiary/aromatic N) is 1. The second kappa shape index (κ2) is 5.09. The number of hydrogen-bond acceptors (Lipinski definition) is 2. The molecule has 0 bridgehead atoms. The predicted octanol–water partition coefficient (Wildman–Crippen LogP) is 3.60. The van der Waals surface area contributed by atoms with E-state index in [1.807, 2.05) is 0 Å². The van der Waals surface area contributed by atoms with Gasteiger partial charge in [0.2, 0.25) is 0 Å². The summed E-state index contributed by atoms with van der Waals surface area (Å²) in [6.07, 6.45) is 5.21. The molecule has 0 aromatic heterocycles. The Labute approximate surface area is 101 Å². The Morgan fingerprint density at radius 3 is 2.20 bits per heavy atom. The zero-order valence-corrected chi connectivity index (χ0v) is 11.7. The first-order valence-electron chi connectivity index (χ1n) is 6.35. The third-order valence-electron chi connectivity index (χ3n) is 4.43. The average molecular weight is 229 g/mol. The highest BCUT2D eigenvalue weighted by atomic mass is 32.1. The van der Waals surface area contributed by atoms with E-state index in [1.165, 1.54) is 38.8 Å². The van der Waals surface area contributed by atoms with Crippen molar-refractivity contribution in [2.45, 2.75) is 58.9 Å². The Kier molecular flexibility index (Phi) is 4.54. The van der Waals surface area contributed by atoms with E-state index >= 15 is 0 Å². The van der Waals surface area contributed by atoms with Crippen LogP contribution in [0.4, 0.5) is 0 Å². The van der Waals surface area contributed by atoms with Crippen molar-refractivity contribution in [2.24, 2.45) is 5.41 Å². The summed E-state index contributed by atoms with van der Waals surface area (Å²) in [5.41, 5.74) is 0.850. The molecule has 1 saturated heterocycles. The molecular formula is C13H27NS. The SMILES string of the molecule is CCC(CC)(CS)CN1CCCC1(C)C. The molecule has 0 atom stereocenters. The zero-order chi connectivity index (χ0) is 11.5. The normalized spacial score (nSPS) is 22.2. The summed E-state index contributed by atoms with van der Waals surface area (Å²) in [6, 6.07) is 0. The van der Waals surface area contributed by atoms with Gasteiger partial charge < -0.3 is 0 Å². The minimum absolute atomic E-state index is 0.415. The van der Waals surface area contributed by atoms with E-state index in [1.54, 1.807) is 0 Å². The Balaban J connectivity index is 2.66. The van der Waals surface area contributed by atoms with E-state index in [0.717, 1.165) is 5.75 Å². The highest BCUT2D eigenvalue weighted by Gasteiger charge is 2.37. The van der Waals surface area contributed by atoms with E-state index in [4.69, 9.17) is 0 Å². The molecule has 15 heavy (non-hydrogen) atoms. The second-order valence-electron chi connectivity index (χ2n) is 5.70. The van der Waals surface area contributed by atoms with Gasteiger partial charge in [0, 0.05) is 12.1 Å². The van der Waals surface area contributed by atoms with E-state index < -0.39 is 0 Å². The van der Waals surface area contributed by atoms with E-state index in [0.29, 0.717) is 11.0 Å². The monoisotopic (exact) mass is 229 g/mol. The maximum Gasteiger partial charge on any atom is 0.0153 e. The van der Waals surface area contributed by atoms with Gasteiger partial charge in [-0.1, -0.05) is 13.8 Å². The van der Waals surface area contributed by atoms with Gasteiger partial charge in [-0.2, -0.15) is 12.6 Å². The van der Waals surface area contributed by atoms with Gasteiger partial charge in [-0.15, -0.1) is 0 Å². The Bertz CT molecular complexity index is 188. The van der Waals surface area contributed by atoms with Crippen LogP contribution in [0.15, 0.2) is 0 Å². The lowest BCUT2D eigenvalue weighted by atomic mass is 9.83. The molecule has 2 heteroatoms. The Hall–Kier alpha value is 0.310. The van der Waals surface area contributed by atoms with Crippen molar-refractivity contribution in [1.82, 2.24) is 4.90 Å². The molecular weight excluding hydrogens is 202 g/mol. The maximum absolute atomic E-state index is 4.56. The topological polar surface area (TPSA) is 3.24 Å². The fourth-order valence-corrected chi connectivity index (χ4v) is 3.16. The fraction of sp³-hybridized carbons (Fsp3) is 1.00. The van der Waals surface area contributed by atoms with Crippen LogP contribution in [0.5, 0.6) is 0 Å². The van der Waals surface area contributed by atoms with Crippen molar-refractivity contribution >= 4 is 12.6 Å². The number of rotatable bonds is 5. The number of thiol groups is 1. The largest absolute Gasteiger partial charge is 0.298 e. The van der Waals surface area contributed by atoms with Crippen LogP contribution >= 0.6 is 12.6 Å². The summed E-state index contributed by atoms with van der Waals surface area (Å²) in [7, 11) is 0. The van der Waals surface area contributed by atoms with Gasteiger partial charge in [0.1, 0.15) is 0 Å². The summed E-state index contributed by atoms with van der Waals surface area (Å²) < 4.78 is 0. The van der Waals surface area contributed by atoms with Crippen molar-refractivity contribution in [3.8, 4) is 0 Å². The first-order chi connectivity index (χ1) is 6.99. The maximum atomic E-state index is 4.56. The first kappa shape index (κ1) is 13.4. The van der Waals surface area contributed by atoms with Gasteiger partial charge in [-0.25, -0.2) is 0 Å². The van der Waals surface area contributed by atoms with Crippen LogP contribution in [0, 0.1) is 5.41 Å². The molecule has 1 heterocycles. The highest BCUT2D eigenvalue weighted by Crippen LogP contribution is 2.35. The molecule has 0 aromatic rings. The van der Waals surface area contributed by atoms with Gasteiger partial charge in [0.05, 0.1) is 0 Å². The minimum atomic E-state index is 0.415. The van der Waals surface area contributed by atoms with Gasteiger partial charge in [0.15, 0.2) is 0 Å². The average Bonchev–Trinajstić information content (AvgIpc) is 2.55. The van der Waals surface area contributed by atoms with Crippen LogP contribution < -0.4 is 0 Å². The molecule has 90 valence electrons. The second-order valence-corrected chi connectivity index (χ2v) is 6.02. The van der Waals surface area contributed by atoms with Crippen molar-refractivity contribution in [1.29, 1.82) is 0 Å².